The van der Waals surface area contributed by atoms with Gasteiger partial charge in [-0.3, -0.25) is 0 Å². The normalized spacial score (nSPS) is 17.1. The summed E-state index contributed by atoms with van der Waals surface area (Å²) < 4.78 is 2.24. The molecule has 1 aliphatic rings. The van der Waals surface area contributed by atoms with E-state index < -0.39 is 0 Å². The van der Waals surface area contributed by atoms with Gasteiger partial charge in [-0.1, -0.05) is 12.5 Å². The van der Waals surface area contributed by atoms with Gasteiger partial charge in [0.05, 0.1) is 11.0 Å². The maximum absolute atomic E-state index is 6.17. The number of fused-ring (bicyclic) bond motifs is 1. The van der Waals surface area contributed by atoms with Gasteiger partial charge in [0.25, 0.3) is 0 Å². The van der Waals surface area contributed by atoms with Crippen molar-refractivity contribution in [3.63, 3.8) is 0 Å². The average molecular weight is 243 g/mol. The predicted octanol–water partition coefficient (Wildman–Crippen LogP) is 3.03. The zero-order chi connectivity index (χ0) is 12.9. The van der Waals surface area contributed by atoms with Gasteiger partial charge < -0.3 is 10.3 Å². The highest BCUT2D eigenvalue weighted by Gasteiger charge is 2.25. The van der Waals surface area contributed by atoms with Crippen LogP contribution in [0.5, 0.6) is 0 Å². The fourth-order valence-electron chi connectivity index (χ4n) is 2.64. The first-order chi connectivity index (χ1) is 8.47. The number of imidazole rings is 1. The monoisotopic (exact) mass is 243 g/mol. The minimum atomic E-state index is -0.297. The molecule has 1 aliphatic carbocycles. The molecule has 1 aromatic heterocycles. The number of rotatable bonds is 2. The van der Waals surface area contributed by atoms with Crippen molar-refractivity contribution in [1.82, 2.24) is 9.55 Å². The van der Waals surface area contributed by atoms with Crippen LogP contribution in [0, 0.1) is 0 Å². The van der Waals surface area contributed by atoms with Crippen LogP contribution in [0.3, 0.4) is 0 Å². The second-order valence-corrected chi connectivity index (χ2v) is 6.08. The summed E-state index contributed by atoms with van der Waals surface area (Å²) in [5, 5.41) is 0. The molecule has 2 aromatic rings. The molecule has 3 heteroatoms. The SMILES string of the molecule is Cn1c(C2CCC2)nc2ccc(C(C)(C)N)cc21. The lowest BCUT2D eigenvalue weighted by atomic mass is 9.85. The van der Waals surface area contributed by atoms with E-state index in [0.29, 0.717) is 5.92 Å². The van der Waals surface area contributed by atoms with Crippen LogP contribution in [-0.4, -0.2) is 9.55 Å². The van der Waals surface area contributed by atoms with Crippen LogP contribution in [0.15, 0.2) is 18.2 Å². The number of nitrogens with zero attached hydrogens (tertiary/aromatic N) is 2. The summed E-state index contributed by atoms with van der Waals surface area (Å²) in [6, 6.07) is 6.38. The van der Waals surface area contributed by atoms with Crippen molar-refractivity contribution in [3.05, 3.63) is 29.6 Å². The molecule has 0 radical (unpaired) electrons. The molecule has 0 spiro atoms. The van der Waals surface area contributed by atoms with Crippen molar-refractivity contribution >= 4 is 11.0 Å². The highest BCUT2D eigenvalue weighted by molar-refractivity contribution is 5.77. The van der Waals surface area contributed by atoms with Gasteiger partial charge >= 0.3 is 0 Å². The molecule has 96 valence electrons. The third-order valence-electron chi connectivity index (χ3n) is 4.13. The topological polar surface area (TPSA) is 43.8 Å². The zero-order valence-electron chi connectivity index (χ0n) is 11.4. The van der Waals surface area contributed by atoms with E-state index in [4.69, 9.17) is 10.7 Å². The Morgan fingerprint density at radius 1 is 1.33 bits per heavy atom. The van der Waals surface area contributed by atoms with Crippen molar-refractivity contribution in [2.75, 3.05) is 0 Å². The van der Waals surface area contributed by atoms with Crippen LogP contribution < -0.4 is 5.73 Å². The zero-order valence-corrected chi connectivity index (χ0v) is 11.4. The van der Waals surface area contributed by atoms with E-state index >= 15 is 0 Å². The van der Waals surface area contributed by atoms with Crippen LogP contribution >= 0.6 is 0 Å². The highest BCUT2D eigenvalue weighted by Crippen LogP contribution is 2.37. The Morgan fingerprint density at radius 2 is 2.06 bits per heavy atom. The van der Waals surface area contributed by atoms with Crippen LogP contribution in [0.2, 0.25) is 0 Å². The lowest BCUT2D eigenvalue weighted by Gasteiger charge is -2.24. The summed E-state index contributed by atoms with van der Waals surface area (Å²) in [7, 11) is 2.12. The van der Waals surface area contributed by atoms with E-state index in [9.17, 15) is 0 Å². The van der Waals surface area contributed by atoms with E-state index in [0.717, 1.165) is 11.1 Å². The largest absolute Gasteiger partial charge is 0.331 e. The lowest BCUT2D eigenvalue weighted by molar-refractivity contribution is 0.394. The van der Waals surface area contributed by atoms with E-state index in [1.807, 2.05) is 13.8 Å². The molecule has 0 aliphatic heterocycles. The standard InChI is InChI=1S/C15H21N3/c1-15(2,16)11-7-8-12-13(9-11)18(3)14(17-12)10-5-4-6-10/h7-10H,4-6,16H2,1-3H3. The van der Waals surface area contributed by atoms with Crippen molar-refractivity contribution in [2.24, 2.45) is 12.8 Å². The third kappa shape index (κ3) is 1.74. The Morgan fingerprint density at radius 3 is 2.61 bits per heavy atom. The van der Waals surface area contributed by atoms with Gasteiger partial charge in [-0.25, -0.2) is 4.98 Å². The number of hydrogen-bond acceptors (Lipinski definition) is 2. The van der Waals surface area contributed by atoms with Crippen molar-refractivity contribution in [3.8, 4) is 0 Å². The number of benzene rings is 1. The minimum absolute atomic E-state index is 0.297. The van der Waals surface area contributed by atoms with E-state index in [1.54, 1.807) is 0 Å². The first-order valence-electron chi connectivity index (χ1n) is 6.72. The van der Waals surface area contributed by atoms with Gasteiger partial charge in [0.2, 0.25) is 0 Å². The first kappa shape index (κ1) is 11.7. The Balaban J connectivity index is 2.13. The molecule has 0 bridgehead atoms. The van der Waals surface area contributed by atoms with Crippen LogP contribution in [0.4, 0.5) is 0 Å². The predicted molar refractivity (Wildman–Crippen MR) is 74.5 cm³/mol. The summed E-state index contributed by atoms with van der Waals surface area (Å²) in [6.45, 7) is 4.08. The van der Waals surface area contributed by atoms with Gasteiger partial charge in [0.1, 0.15) is 5.82 Å². The van der Waals surface area contributed by atoms with Gasteiger partial charge in [0.15, 0.2) is 0 Å². The summed E-state index contributed by atoms with van der Waals surface area (Å²) in [5.41, 5.74) is 9.33. The quantitative estimate of drug-likeness (QED) is 0.881. The molecule has 3 nitrogen and oxygen atoms in total. The Kier molecular flexibility index (Phi) is 2.49. The van der Waals surface area contributed by atoms with Crippen molar-refractivity contribution < 1.29 is 0 Å². The number of aromatic nitrogens is 2. The summed E-state index contributed by atoms with van der Waals surface area (Å²) in [4.78, 5) is 4.78. The minimum Gasteiger partial charge on any atom is -0.331 e. The van der Waals surface area contributed by atoms with Crippen LogP contribution in [0.1, 0.15) is 50.4 Å². The van der Waals surface area contributed by atoms with E-state index in [1.165, 1.54) is 30.6 Å². The Bertz CT molecular complexity index is 586. The Labute approximate surface area is 108 Å². The second kappa shape index (κ2) is 3.82. The van der Waals surface area contributed by atoms with Gasteiger partial charge in [0, 0.05) is 18.5 Å². The molecule has 2 N–H and O–H groups in total. The molecule has 3 rings (SSSR count). The molecule has 0 amide bonds. The second-order valence-electron chi connectivity index (χ2n) is 6.08. The maximum Gasteiger partial charge on any atom is 0.112 e. The fraction of sp³-hybridized carbons (Fsp3) is 0.533. The third-order valence-corrected chi connectivity index (χ3v) is 4.13. The molecule has 1 heterocycles. The van der Waals surface area contributed by atoms with Crippen LogP contribution in [-0.2, 0) is 12.6 Å². The molecular weight excluding hydrogens is 222 g/mol. The molecule has 1 saturated carbocycles. The summed E-state index contributed by atoms with van der Waals surface area (Å²) in [6.07, 6.45) is 3.91. The number of aryl methyl sites for hydroxylation is 1. The van der Waals surface area contributed by atoms with Gasteiger partial charge in [-0.15, -0.1) is 0 Å². The molecular formula is C15H21N3. The number of nitrogens with two attached hydrogens (primary N) is 1. The average Bonchev–Trinajstić information content (AvgIpc) is 2.53. The van der Waals surface area contributed by atoms with Crippen LogP contribution in [0.25, 0.3) is 11.0 Å². The summed E-state index contributed by atoms with van der Waals surface area (Å²) >= 11 is 0. The molecule has 0 unspecified atom stereocenters. The molecule has 0 saturated heterocycles. The molecule has 18 heavy (non-hydrogen) atoms. The van der Waals surface area contributed by atoms with Gasteiger partial charge in [-0.05, 0) is 44.4 Å². The lowest BCUT2D eigenvalue weighted by Crippen LogP contribution is -2.28. The number of hydrogen-bond donors (Lipinski definition) is 1. The van der Waals surface area contributed by atoms with Crippen molar-refractivity contribution in [1.29, 1.82) is 0 Å². The summed E-state index contributed by atoms with van der Waals surface area (Å²) in [5.74, 6) is 1.90. The van der Waals surface area contributed by atoms with Gasteiger partial charge in [-0.2, -0.15) is 0 Å². The van der Waals surface area contributed by atoms with Crippen molar-refractivity contribution in [2.45, 2.75) is 44.6 Å². The van der Waals surface area contributed by atoms with E-state index in [2.05, 4.69) is 29.8 Å². The highest BCUT2D eigenvalue weighted by atomic mass is 15.1. The van der Waals surface area contributed by atoms with E-state index in [-0.39, 0.29) is 5.54 Å². The fourth-order valence-corrected chi connectivity index (χ4v) is 2.64. The molecule has 1 fully saturated rings. The Hall–Kier alpha value is -1.35. The smallest absolute Gasteiger partial charge is 0.112 e. The molecule has 1 aromatic carbocycles. The maximum atomic E-state index is 6.17. The molecule has 0 atom stereocenters. The first-order valence-corrected chi connectivity index (χ1v) is 6.72.